The van der Waals surface area contributed by atoms with E-state index in [1.54, 1.807) is 0 Å². The molecular formula is C23H27IO7. The lowest BCUT2D eigenvalue weighted by Crippen LogP contribution is -2.55. The molecule has 0 saturated carbocycles. The molecule has 2 aliphatic heterocycles. The molecule has 31 heavy (non-hydrogen) atoms. The van der Waals surface area contributed by atoms with Gasteiger partial charge in [0.1, 0.15) is 42.4 Å². The summed E-state index contributed by atoms with van der Waals surface area (Å²) in [5.74, 6) is 0.823. The van der Waals surface area contributed by atoms with Gasteiger partial charge < -0.3 is 34.6 Å². The monoisotopic (exact) mass is 542 g/mol. The van der Waals surface area contributed by atoms with Gasteiger partial charge in [0, 0.05) is 9.99 Å². The number of hydrogen-bond donors (Lipinski definition) is 4. The summed E-state index contributed by atoms with van der Waals surface area (Å²) in [7, 11) is 0. The van der Waals surface area contributed by atoms with Crippen LogP contribution in [0.15, 0.2) is 42.5 Å². The van der Waals surface area contributed by atoms with Crippen molar-refractivity contribution in [3.05, 3.63) is 62.7 Å². The van der Waals surface area contributed by atoms with E-state index in [4.69, 9.17) is 14.2 Å². The summed E-state index contributed by atoms with van der Waals surface area (Å²) in [4.78, 5) is 0. The SMILES string of the molecule is OC[C@H]1O[C@@H](c2ccc(I)c(Cc3ccc(O[C@@H]4CCOC4)cc3)c2)[C@H](O)[C@@H](O)[C@@H]1O. The zero-order valence-electron chi connectivity index (χ0n) is 16.9. The molecule has 7 nitrogen and oxygen atoms in total. The number of ether oxygens (including phenoxy) is 3. The Morgan fingerprint density at radius 3 is 2.45 bits per heavy atom. The Balaban J connectivity index is 1.49. The van der Waals surface area contributed by atoms with Gasteiger partial charge in [0.05, 0.1) is 19.8 Å². The molecule has 0 aromatic heterocycles. The normalized spacial score (nSPS) is 31.0. The molecule has 4 rings (SSSR count). The van der Waals surface area contributed by atoms with E-state index in [1.807, 2.05) is 42.5 Å². The molecule has 0 aliphatic carbocycles. The van der Waals surface area contributed by atoms with Gasteiger partial charge in [-0.25, -0.2) is 0 Å². The average Bonchev–Trinajstić information content (AvgIpc) is 3.28. The van der Waals surface area contributed by atoms with Crippen molar-refractivity contribution >= 4 is 22.6 Å². The molecule has 8 heteroatoms. The van der Waals surface area contributed by atoms with E-state index in [-0.39, 0.29) is 6.10 Å². The van der Waals surface area contributed by atoms with Crippen molar-refractivity contribution in [2.45, 2.75) is 49.5 Å². The molecule has 0 unspecified atom stereocenters. The number of aliphatic hydroxyl groups is 4. The maximum Gasteiger partial charge on any atom is 0.124 e. The minimum absolute atomic E-state index is 0.113. The third-order valence-corrected chi connectivity index (χ3v) is 6.85. The summed E-state index contributed by atoms with van der Waals surface area (Å²) in [6.45, 7) is 0.927. The van der Waals surface area contributed by atoms with Crippen LogP contribution in [0.4, 0.5) is 0 Å². The number of hydrogen-bond acceptors (Lipinski definition) is 7. The molecule has 6 atom stereocenters. The Hall–Kier alpha value is -1.27. The molecule has 2 saturated heterocycles. The van der Waals surface area contributed by atoms with E-state index in [0.717, 1.165) is 33.5 Å². The predicted molar refractivity (Wildman–Crippen MR) is 121 cm³/mol. The quantitative estimate of drug-likeness (QED) is 0.411. The second-order valence-corrected chi connectivity index (χ2v) is 9.19. The van der Waals surface area contributed by atoms with Crippen LogP contribution in [0, 0.1) is 3.57 Å². The van der Waals surface area contributed by atoms with E-state index >= 15 is 0 Å². The van der Waals surface area contributed by atoms with Gasteiger partial charge in [-0.05, 0) is 63.9 Å². The maximum atomic E-state index is 10.4. The van der Waals surface area contributed by atoms with Crippen LogP contribution in [0.5, 0.6) is 5.75 Å². The van der Waals surface area contributed by atoms with Crippen molar-refractivity contribution in [3.63, 3.8) is 0 Å². The van der Waals surface area contributed by atoms with Crippen molar-refractivity contribution in [3.8, 4) is 5.75 Å². The van der Waals surface area contributed by atoms with Crippen LogP contribution in [0.1, 0.15) is 29.2 Å². The second kappa shape index (κ2) is 10.1. The van der Waals surface area contributed by atoms with E-state index in [1.165, 1.54) is 0 Å². The van der Waals surface area contributed by atoms with Gasteiger partial charge in [-0.2, -0.15) is 0 Å². The van der Waals surface area contributed by atoms with Gasteiger partial charge in [-0.1, -0.05) is 24.3 Å². The van der Waals surface area contributed by atoms with Crippen LogP contribution < -0.4 is 4.74 Å². The molecule has 4 N–H and O–H groups in total. The topological polar surface area (TPSA) is 109 Å². The van der Waals surface area contributed by atoms with Crippen LogP contribution in [-0.4, -0.2) is 70.8 Å². The van der Waals surface area contributed by atoms with E-state index in [9.17, 15) is 20.4 Å². The molecule has 0 spiro atoms. The number of rotatable bonds is 6. The highest BCUT2D eigenvalue weighted by Crippen LogP contribution is 2.34. The van der Waals surface area contributed by atoms with Crippen LogP contribution in [0.2, 0.25) is 0 Å². The summed E-state index contributed by atoms with van der Waals surface area (Å²) in [5, 5.41) is 40.0. The molecule has 2 aromatic rings. The Morgan fingerprint density at radius 1 is 1.00 bits per heavy atom. The van der Waals surface area contributed by atoms with Crippen LogP contribution >= 0.6 is 22.6 Å². The zero-order valence-corrected chi connectivity index (χ0v) is 19.1. The van der Waals surface area contributed by atoms with Gasteiger partial charge in [0.25, 0.3) is 0 Å². The standard InChI is InChI=1S/C23H27IO7/c24-18-6-3-14(23-22(28)21(27)20(26)19(11-25)31-23)10-15(18)9-13-1-4-16(5-2-13)30-17-7-8-29-12-17/h1-6,10,17,19-23,25-28H,7-9,11-12H2/t17-,19-,20-,21+,22-,23+/m1/s1. The first-order valence-electron chi connectivity index (χ1n) is 10.4. The van der Waals surface area contributed by atoms with Crippen LogP contribution in [0.25, 0.3) is 0 Å². The van der Waals surface area contributed by atoms with Crippen molar-refractivity contribution in [2.75, 3.05) is 19.8 Å². The first-order valence-corrected chi connectivity index (χ1v) is 11.5. The lowest BCUT2D eigenvalue weighted by molar-refractivity contribution is -0.231. The van der Waals surface area contributed by atoms with E-state index in [2.05, 4.69) is 22.6 Å². The van der Waals surface area contributed by atoms with Crippen molar-refractivity contribution in [1.82, 2.24) is 0 Å². The number of benzene rings is 2. The zero-order chi connectivity index (χ0) is 22.0. The third-order valence-electron chi connectivity index (χ3n) is 5.80. The third kappa shape index (κ3) is 5.22. The minimum atomic E-state index is -1.39. The molecular weight excluding hydrogens is 515 g/mol. The predicted octanol–water partition coefficient (Wildman–Crippen LogP) is 1.56. The van der Waals surface area contributed by atoms with Gasteiger partial charge in [-0.3, -0.25) is 0 Å². The van der Waals surface area contributed by atoms with Gasteiger partial charge >= 0.3 is 0 Å². The fourth-order valence-corrected chi connectivity index (χ4v) is 4.51. The minimum Gasteiger partial charge on any atom is -0.488 e. The van der Waals surface area contributed by atoms with E-state index in [0.29, 0.717) is 18.6 Å². The summed E-state index contributed by atoms with van der Waals surface area (Å²) in [6.07, 6.45) is -4.11. The summed E-state index contributed by atoms with van der Waals surface area (Å²) >= 11 is 2.27. The second-order valence-electron chi connectivity index (χ2n) is 8.02. The Morgan fingerprint density at radius 2 is 1.77 bits per heavy atom. The Kier molecular flexibility index (Phi) is 7.48. The summed E-state index contributed by atoms with van der Waals surface area (Å²) < 4.78 is 18.0. The maximum absolute atomic E-state index is 10.4. The van der Waals surface area contributed by atoms with Gasteiger partial charge in [0.2, 0.25) is 0 Å². The highest BCUT2D eigenvalue weighted by Gasteiger charge is 2.44. The van der Waals surface area contributed by atoms with Crippen molar-refractivity contribution < 1.29 is 34.6 Å². The van der Waals surface area contributed by atoms with Crippen molar-refractivity contribution in [2.24, 2.45) is 0 Å². The average molecular weight is 542 g/mol. The largest absolute Gasteiger partial charge is 0.488 e. The lowest BCUT2D eigenvalue weighted by Gasteiger charge is -2.40. The summed E-state index contributed by atoms with van der Waals surface area (Å²) in [5.41, 5.74) is 2.85. The Bertz CT molecular complexity index is 867. The van der Waals surface area contributed by atoms with Gasteiger partial charge in [-0.15, -0.1) is 0 Å². The van der Waals surface area contributed by atoms with Crippen LogP contribution in [-0.2, 0) is 15.9 Å². The smallest absolute Gasteiger partial charge is 0.124 e. The lowest BCUT2D eigenvalue weighted by atomic mass is 9.90. The summed E-state index contributed by atoms with van der Waals surface area (Å²) in [6, 6.07) is 13.7. The molecule has 2 fully saturated rings. The molecule has 2 aromatic carbocycles. The number of halogens is 1. The molecule has 2 heterocycles. The molecule has 0 bridgehead atoms. The molecule has 0 radical (unpaired) electrons. The number of aliphatic hydroxyl groups excluding tert-OH is 4. The van der Waals surface area contributed by atoms with Crippen molar-refractivity contribution in [1.29, 1.82) is 0 Å². The molecule has 168 valence electrons. The first kappa shape index (κ1) is 22.9. The first-order chi connectivity index (χ1) is 15.0. The fourth-order valence-electron chi connectivity index (χ4n) is 3.99. The van der Waals surface area contributed by atoms with E-state index < -0.39 is 37.1 Å². The highest BCUT2D eigenvalue weighted by atomic mass is 127. The molecule has 2 aliphatic rings. The highest BCUT2D eigenvalue weighted by molar-refractivity contribution is 14.1. The molecule has 0 amide bonds. The van der Waals surface area contributed by atoms with Gasteiger partial charge in [0.15, 0.2) is 0 Å². The fraction of sp³-hybridized carbons (Fsp3) is 0.478. The van der Waals surface area contributed by atoms with Crippen LogP contribution in [0.3, 0.4) is 0 Å². The Labute approximate surface area is 194 Å².